The zero-order valence-corrected chi connectivity index (χ0v) is 30.0. The standard InChI is InChI=1S/C44H60N2O2/c1-3-5-7-9-11-13-15-17-19-21-23-35-25-29-37(30-26-35)43-45-39-33-42-40(34-41(39)47-43)46-44(48-42)38-31-27-36(28-32-38)24-22-20-18-16-14-12-10-8-6-4-2/h25-34H,3-24H2,1-2H3. The van der Waals surface area contributed by atoms with Crippen molar-refractivity contribution in [2.75, 3.05) is 0 Å². The second-order valence-corrected chi connectivity index (χ2v) is 14.1. The molecule has 0 N–H and O–H groups in total. The molecule has 0 aliphatic carbocycles. The van der Waals surface area contributed by atoms with E-state index in [1.165, 1.54) is 140 Å². The van der Waals surface area contributed by atoms with Crippen LogP contribution in [0.25, 0.3) is 45.1 Å². The molecule has 258 valence electrons. The van der Waals surface area contributed by atoms with E-state index in [1.807, 2.05) is 12.1 Å². The fourth-order valence-electron chi connectivity index (χ4n) is 6.86. The summed E-state index contributed by atoms with van der Waals surface area (Å²) < 4.78 is 12.4. The fourth-order valence-corrected chi connectivity index (χ4v) is 6.86. The quantitative estimate of drug-likeness (QED) is 0.0625. The van der Waals surface area contributed by atoms with Crippen molar-refractivity contribution in [2.24, 2.45) is 0 Å². The van der Waals surface area contributed by atoms with Crippen LogP contribution in [0.5, 0.6) is 0 Å². The second-order valence-electron chi connectivity index (χ2n) is 14.1. The van der Waals surface area contributed by atoms with Gasteiger partial charge in [0, 0.05) is 23.3 Å². The highest BCUT2D eigenvalue weighted by molar-refractivity contribution is 5.91. The van der Waals surface area contributed by atoms with Crippen LogP contribution in [0.4, 0.5) is 0 Å². The Morgan fingerprint density at radius 1 is 0.396 bits per heavy atom. The molecular weight excluding hydrogens is 588 g/mol. The molecule has 4 heteroatoms. The van der Waals surface area contributed by atoms with Crippen LogP contribution in [0.15, 0.2) is 69.5 Å². The Kier molecular flexibility index (Phi) is 15.1. The third kappa shape index (κ3) is 11.3. The predicted molar refractivity (Wildman–Crippen MR) is 204 cm³/mol. The molecule has 0 unspecified atom stereocenters. The number of hydrogen-bond donors (Lipinski definition) is 0. The van der Waals surface area contributed by atoms with Crippen molar-refractivity contribution >= 4 is 22.2 Å². The van der Waals surface area contributed by atoms with Crippen LogP contribution in [-0.2, 0) is 12.8 Å². The number of unbranched alkanes of at least 4 members (excludes halogenated alkanes) is 18. The van der Waals surface area contributed by atoms with E-state index in [1.54, 1.807) is 0 Å². The fraction of sp³-hybridized carbons (Fsp3) is 0.545. The summed E-state index contributed by atoms with van der Waals surface area (Å²) in [5.74, 6) is 1.28. The molecule has 5 rings (SSSR count). The summed E-state index contributed by atoms with van der Waals surface area (Å²) in [4.78, 5) is 9.59. The SMILES string of the molecule is CCCCCCCCCCCCc1ccc(-c2nc3cc4oc(-c5ccc(CCCCCCCCCCCC)cc5)nc4cc3o2)cc1. The first-order valence-electron chi connectivity index (χ1n) is 19.6. The van der Waals surface area contributed by atoms with Crippen LogP contribution >= 0.6 is 0 Å². The molecule has 0 amide bonds. The van der Waals surface area contributed by atoms with Crippen molar-refractivity contribution in [3.05, 3.63) is 71.8 Å². The third-order valence-electron chi connectivity index (χ3n) is 9.94. The van der Waals surface area contributed by atoms with Gasteiger partial charge >= 0.3 is 0 Å². The zero-order chi connectivity index (χ0) is 33.2. The van der Waals surface area contributed by atoms with Crippen molar-refractivity contribution in [3.8, 4) is 22.9 Å². The van der Waals surface area contributed by atoms with Crippen LogP contribution in [0.3, 0.4) is 0 Å². The lowest BCUT2D eigenvalue weighted by atomic mass is 10.0. The first-order valence-corrected chi connectivity index (χ1v) is 19.6. The summed E-state index contributed by atoms with van der Waals surface area (Å²) in [5, 5.41) is 0. The summed E-state index contributed by atoms with van der Waals surface area (Å²) in [6.45, 7) is 4.57. The summed E-state index contributed by atoms with van der Waals surface area (Å²) in [6, 6.07) is 21.3. The molecule has 2 heterocycles. The molecule has 3 aromatic carbocycles. The van der Waals surface area contributed by atoms with Gasteiger partial charge in [-0.2, -0.15) is 0 Å². The summed E-state index contributed by atoms with van der Waals surface area (Å²) >= 11 is 0. The van der Waals surface area contributed by atoms with Gasteiger partial charge in [-0.1, -0.05) is 154 Å². The van der Waals surface area contributed by atoms with E-state index < -0.39 is 0 Å². The maximum atomic E-state index is 6.19. The van der Waals surface area contributed by atoms with Crippen LogP contribution in [0, 0.1) is 0 Å². The number of aryl methyl sites for hydroxylation is 2. The van der Waals surface area contributed by atoms with Gasteiger partial charge in [0.15, 0.2) is 11.2 Å². The van der Waals surface area contributed by atoms with Crippen LogP contribution < -0.4 is 0 Å². The Morgan fingerprint density at radius 3 is 1.04 bits per heavy atom. The molecule has 2 aromatic heterocycles. The van der Waals surface area contributed by atoms with Gasteiger partial charge in [0.25, 0.3) is 0 Å². The summed E-state index contributed by atoms with van der Waals surface area (Å²) in [6.07, 6.45) is 29.7. The molecule has 0 spiro atoms. The molecule has 48 heavy (non-hydrogen) atoms. The molecule has 5 aromatic rings. The molecule has 0 bridgehead atoms. The Labute approximate surface area is 290 Å². The molecule has 0 radical (unpaired) electrons. The smallest absolute Gasteiger partial charge is 0.227 e. The van der Waals surface area contributed by atoms with Crippen LogP contribution in [-0.4, -0.2) is 9.97 Å². The topological polar surface area (TPSA) is 52.1 Å². The van der Waals surface area contributed by atoms with Gasteiger partial charge in [-0.3, -0.25) is 0 Å². The van der Waals surface area contributed by atoms with E-state index in [2.05, 4.69) is 62.4 Å². The highest BCUT2D eigenvalue weighted by Gasteiger charge is 2.14. The highest BCUT2D eigenvalue weighted by Crippen LogP contribution is 2.31. The van der Waals surface area contributed by atoms with Gasteiger partial charge in [-0.25, -0.2) is 9.97 Å². The normalized spacial score (nSPS) is 11.7. The van der Waals surface area contributed by atoms with Gasteiger partial charge in [-0.05, 0) is 61.1 Å². The molecule has 0 aliphatic heterocycles. The summed E-state index contributed by atoms with van der Waals surface area (Å²) in [5.41, 5.74) is 7.83. The Hall–Kier alpha value is -3.40. The number of rotatable bonds is 24. The van der Waals surface area contributed by atoms with Crippen molar-refractivity contribution in [1.82, 2.24) is 9.97 Å². The maximum absolute atomic E-state index is 6.19. The molecular formula is C44H60N2O2. The maximum Gasteiger partial charge on any atom is 0.227 e. The van der Waals surface area contributed by atoms with Crippen molar-refractivity contribution in [3.63, 3.8) is 0 Å². The van der Waals surface area contributed by atoms with Crippen molar-refractivity contribution in [1.29, 1.82) is 0 Å². The Bertz CT molecular complexity index is 1430. The van der Waals surface area contributed by atoms with Gasteiger partial charge in [0.2, 0.25) is 11.8 Å². The molecule has 0 atom stereocenters. The van der Waals surface area contributed by atoms with Gasteiger partial charge in [0.05, 0.1) is 0 Å². The number of fused-ring (bicyclic) bond motifs is 2. The number of aromatic nitrogens is 2. The van der Waals surface area contributed by atoms with E-state index in [4.69, 9.17) is 18.8 Å². The average molecular weight is 649 g/mol. The number of oxazole rings is 2. The second kappa shape index (κ2) is 20.2. The minimum absolute atomic E-state index is 0.640. The minimum atomic E-state index is 0.640. The van der Waals surface area contributed by atoms with Crippen molar-refractivity contribution in [2.45, 2.75) is 155 Å². The number of hydrogen-bond acceptors (Lipinski definition) is 4. The van der Waals surface area contributed by atoms with E-state index >= 15 is 0 Å². The number of nitrogens with zero attached hydrogens (tertiary/aromatic N) is 2. The monoisotopic (exact) mass is 648 g/mol. The molecule has 4 nitrogen and oxygen atoms in total. The largest absolute Gasteiger partial charge is 0.436 e. The van der Waals surface area contributed by atoms with E-state index in [-0.39, 0.29) is 0 Å². The minimum Gasteiger partial charge on any atom is -0.436 e. The zero-order valence-electron chi connectivity index (χ0n) is 30.0. The molecule has 0 aliphatic rings. The predicted octanol–water partition coefficient (Wildman–Crippen LogP) is 14.2. The van der Waals surface area contributed by atoms with Gasteiger partial charge in [0.1, 0.15) is 11.0 Å². The van der Waals surface area contributed by atoms with E-state index in [0.29, 0.717) is 11.8 Å². The van der Waals surface area contributed by atoms with E-state index in [0.717, 1.165) is 46.2 Å². The lowest BCUT2D eigenvalue weighted by molar-refractivity contribution is 0.556. The summed E-state index contributed by atoms with van der Waals surface area (Å²) in [7, 11) is 0. The Morgan fingerprint density at radius 2 is 0.708 bits per heavy atom. The number of benzene rings is 3. The molecule has 0 saturated heterocycles. The van der Waals surface area contributed by atoms with Gasteiger partial charge in [-0.15, -0.1) is 0 Å². The lowest BCUT2D eigenvalue weighted by Gasteiger charge is -2.04. The lowest BCUT2D eigenvalue weighted by Crippen LogP contribution is -1.87. The van der Waals surface area contributed by atoms with E-state index in [9.17, 15) is 0 Å². The third-order valence-corrected chi connectivity index (χ3v) is 9.94. The average Bonchev–Trinajstić information content (AvgIpc) is 3.73. The highest BCUT2D eigenvalue weighted by atomic mass is 16.4. The molecule has 0 fully saturated rings. The van der Waals surface area contributed by atoms with Crippen LogP contribution in [0.1, 0.15) is 153 Å². The Balaban J connectivity index is 1.05. The first-order chi connectivity index (χ1) is 23.7. The van der Waals surface area contributed by atoms with Gasteiger partial charge < -0.3 is 8.83 Å². The van der Waals surface area contributed by atoms with Crippen molar-refractivity contribution < 1.29 is 8.83 Å². The van der Waals surface area contributed by atoms with Crippen LogP contribution in [0.2, 0.25) is 0 Å². The first kappa shape index (κ1) is 35.9. The molecule has 0 saturated carbocycles.